The smallest absolute Gasteiger partial charge is 0.157 e. The molecular formula is C14H16N4S. The Morgan fingerprint density at radius 2 is 2.26 bits per heavy atom. The summed E-state index contributed by atoms with van der Waals surface area (Å²) in [6, 6.07) is 4.54. The summed E-state index contributed by atoms with van der Waals surface area (Å²) < 4.78 is 1.82. The third kappa shape index (κ3) is 2.21. The van der Waals surface area contributed by atoms with Crippen molar-refractivity contribution in [2.24, 2.45) is 7.05 Å². The minimum absolute atomic E-state index is 0.280. The summed E-state index contributed by atoms with van der Waals surface area (Å²) in [7, 11) is 1.92. The van der Waals surface area contributed by atoms with Crippen molar-refractivity contribution >= 4 is 28.1 Å². The Morgan fingerprint density at radius 3 is 3.00 bits per heavy atom. The van der Waals surface area contributed by atoms with E-state index in [0.717, 1.165) is 22.4 Å². The van der Waals surface area contributed by atoms with Crippen LogP contribution in [0, 0.1) is 6.92 Å². The summed E-state index contributed by atoms with van der Waals surface area (Å²) in [6.07, 6.45) is 1.87. The third-order valence-corrected chi connectivity index (χ3v) is 3.99. The van der Waals surface area contributed by atoms with Crippen molar-refractivity contribution in [1.82, 2.24) is 14.8 Å². The molecule has 0 bridgehead atoms. The first-order valence-corrected chi connectivity index (χ1v) is 7.17. The lowest BCUT2D eigenvalue weighted by atomic mass is 10.1. The number of nitrogens with zero attached hydrogens (tertiary/aromatic N) is 3. The van der Waals surface area contributed by atoms with Gasteiger partial charge in [-0.05, 0) is 42.3 Å². The van der Waals surface area contributed by atoms with Crippen molar-refractivity contribution in [2.45, 2.75) is 19.9 Å². The van der Waals surface area contributed by atoms with E-state index in [2.05, 4.69) is 45.2 Å². The van der Waals surface area contributed by atoms with E-state index in [1.807, 2.05) is 24.9 Å². The summed E-state index contributed by atoms with van der Waals surface area (Å²) in [4.78, 5) is 4.48. The van der Waals surface area contributed by atoms with Gasteiger partial charge in [0.1, 0.15) is 0 Å². The predicted octanol–water partition coefficient (Wildman–Crippen LogP) is 3.51. The Bertz CT molecular complexity index is 700. The highest BCUT2D eigenvalue weighted by atomic mass is 32.1. The molecule has 3 heterocycles. The molecule has 1 unspecified atom stereocenters. The van der Waals surface area contributed by atoms with Crippen molar-refractivity contribution in [3.8, 4) is 0 Å². The molecule has 19 heavy (non-hydrogen) atoms. The Morgan fingerprint density at radius 1 is 1.42 bits per heavy atom. The van der Waals surface area contributed by atoms with E-state index < -0.39 is 0 Å². The zero-order valence-corrected chi connectivity index (χ0v) is 12.0. The SMILES string of the molecule is Cc1nn(C)c2ncc(NC(C)c3ccsc3)cc12. The fourth-order valence-electron chi connectivity index (χ4n) is 2.24. The molecule has 0 radical (unpaired) electrons. The van der Waals surface area contributed by atoms with E-state index in [1.54, 1.807) is 11.3 Å². The van der Waals surface area contributed by atoms with Crippen LogP contribution in [-0.4, -0.2) is 14.8 Å². The molecule has 5 heteroatoms. The second-order valence-corrected chi connectivity index (χ2v) is 5.51. The van der Waals surface area contributed by atoms with Crippen LogP contribution in [0.15, 0.2) is 29.1 Å². The molecule has 0 saturated carbocycles. The average molecular weight is 272 g/mol. The molecule has 1 atom stereocenters. The number of rotatable bonds is 3. The van der Waals surface area contributed by atoms with Crippen LogP contribution in [0.25, 0.3) is 11.0 Å². The molecule has 0 aliphatic heterocycles. The number of fused-ring (bicyclic) bond motifs is 1. The number of thiophene rings is 1. The first-order valence-electron chi connectivity index (χ1n) is 6.23. The van der Waals surface area contributed by atoms with Gasteiger partial charge in [0.05, 0.1) is 17.6 Å². The molecule has 0 amide bonds. The van der Waals surface area contributed by atoms with Crippen molar-refractivity contribution < 1.29 is 0 Å². The van der Waals surface area contributed by atoms with Gasteiger partial charge in [0, 0.05) is 18.5 Å². The fourth-order valence-corrected chi connectivity index (χ4v) is 3.00. The Balaban J connectivity index is 1.91. The molecule has 0 aliphatic carbocycles. The van der Waals surface area contributed by atoms with Crippen LogP contribution in [0.1, 0.15) is 24.2 Å². The monoisotopic (exact) mass is 272 g/mol. The summed E-state index contributed by atoms with van der Waals surface area (Å²) in [5.74, 6) is 0. The van der Waals surface area contributed by atoms with Crippen LogP contribution in [0.5, 0.6) is 0 Å². The standard InChI is InChI=1S/C14H16N4S/c1-9(11-4-5-19-8-11)16-12-6-13-10(2)17-18(3)14(13)15-7-12/h4-9,16H,1-3H3. The maximum absolute atomic E-state index is 4.48. The lowest BCUT2D eigenvalue weighted by Gasteiger charge is -2.13. The van der Waals surface area contributed by atoms with Crippen molar-refractivity contribution in [3.05, 3.63) is 40.3 Å². The van der Waals surface area contributed by atoms with Crippen LogP contribution in [-0.2, 0) is 7.05 Å². The van der Waals surface area contributed by atoms with Crippen molar-refractivity contribution in [2.75, 3.05) is 5.32 Å². The van der Waals surface area contributed by atoms with E-state index in [9.17, 15) is 0 Å². The maximum atomic E-state index is 4.48. The summed E-state index contributed by atoms with van der Waals surface area (Å²) >= 11 is 1.72. The van der Waals surface area contributed by atoms with Crippen LogP contribution in [0.4, 0.5) is 5.69 Å². The van der Waals surface area contributed by atoms with E-state index in [4.69, 9.17) is 0 Å². The largest absolute Gasteiger partial charge is 0.377 e. The number of aryl methyl sites for hydroxylation is 2. The lowest BCUT2D eigenvalue weighted by Crippen LogP contribution is -2.05. The Hall–Kier alpha value is -1.88. The third-order valence-electron chi connectivity index (χ3n) is 3.29. The minimum atomic E-state index is 0.280. The van der Waals surface area contributed by atoms with E-state index in [0.29, 0.717) is 0 Å². The molecule has 0 aromatic carbocycles. The van der Waals surface area contributed by atoms with Crippen LogP contribution in [0.3, 0.4) is 0 Å². The van der Waals surface area contributed by atoms with E-state index in [-0.39, 0.29) is 6.04 Å². The summed E-state index contributed by atoms with van der Waals surface area (Å²) in [5, 5.41) is 13.2. The van der Waals surface area contributed by atoms with Gasteiger partial charge in [-0.2, -0.15) is 16.4 Å². The number of aromatic nitrogens is 3. The Kier molecular flexibility index (Phi) is 2.98. The van der Waals surface area contributed by atoms with Gasteiger partial charge in [-0.1, -0.05) is 0 Å². The zero-order chi connectivity index (χ0) is 13.4. The van der Waals surface area contributed by atoms with Crippen LogP contribution >= 0.6 is 11.3 Å². The van der Waals surface area contributed by atoms with Crippen LogP contribution < -0.4 is 5.32 Å². The molecule has 0 saturated heterocycles. The second kappa shape index (κ2) is 4.66. The fraction of sp³-hybridized carbons (Fsp3) is 0.286. The normalized spacial score (nSPS) is 12.8. The topological polar surface area (TPSA) is 42.7 Å². The van der Waals surface area contributed by atoms with Crippen LogP contribution in [0.2, 0.25) is 0 Å². The van der Waals surface area contributed by atoms with Gasteiger partial charge < -0.3 is 5.32 Å². The van der Waals surface area contributed by atoms with Gasteiger partial charge in [0.2, 0.25) is 0 Å². The number of pyridine rings is 1. The minimum Gasteiger partial charge on any atom is -0.377 e. The van der Waals surface area contributed by atoms with Gasteiger partial charge >= 0.3 is 0 Å². The molecule has 0 spiro atoms. The van der Waals surface area contributed by atoms with Crippen molar-refractivity contribution in [1.29, 1.82) is 0 Å². The second-order valence-electron chi connectivity index (χ2n) is 4.73. The first-order chi connectivity index (χ1) is 9.15. The maximum Gasteiger partial charge on any atom is 0.157 e. The van der Waals surface area contributed by atoms with Gasteiger partial charge in [-0.25, -0.2) is 4.98 Å². The average Bonchev–Trinajstić information content (AvgIpc) is 2.99. The highest BCUT2D eigenvalue weighted by Crippen LogP contribution is 2.24. The summed E-state index contributed by atoms with van der Waals surface area (Å²) in [6.45, 7) is 4.17. The van der Waals surface area contributed by atoms with E-state index >= 15 is 0 Å². The molecular weight excluding hydrogens is 256 g/mol. The predicted molar refractivity (Wildman–Crippen MR) is 79.6 cm³/mol. The van der Waals surface area contributed by atoms with Gasteiger partial charge in [0.15, 0.2) is 5.65 Å². The van der Waals surface area contributed by atoms with Gasteiger partial charge in [0.25, 0.3) is 0 Å². The quantitative estimate of drug-likeness (QED) is 0.793. The highest BCUT2D eigenvalue weighted by Gasteiger charge is 2.09. The molecule has 3 aromatic heterocycles. The molecule has 0 aliphatic rings. The van der Waals surface area contributed by atoms with Gasteiger partial charge in [-0.3, -0.25) is 4.68 Å². The summed E-state index contributed by atoms with van der Waals surface area (Å²) in [5.41, 5.74) is 4.26. The molecule has 1 N–H and O–H groups in total. The molecule has 3 rings (SSSR count). The molecule has 4 nitrogen and oxygen atoms in total. The molecule has 98 valence electrons. The zero-order valence-electron chi connectivity index (χ0n) is 11.2. The number of nitrogens with one attached hydrogen (secondary N) is 1. The number of hydrogen-bond acceptors (Lipinski definition) is 4. The van der Waals surface area contributed by atoms with Crippen molar-refractivity contribution in [3.63, 3.8) is 0 Å². The van der Waals surface area contributed by atoms with Gasteiger partial charge in [-0.15, -0.1) is 0 Å². The number of anilines is 1. The van der Waals surface area contributed by atoms with E-state index in [1.165, 1.54) is 5.56 Å². The molecule has 0 fully saturated rings. The number of hydrogen-bond donors (Lipinski definition) is 1. The highest BCUT2D eigenvalue weighted by molar-refractivity contribution is 7.07. The Labute approximate surface area is 116 Å². The lowest BCUT2D eigenvalue weighted by molar-refractivity contribution is 0.774. The first kappa shape index (κ1) is 12.2. The molecule has 3 aromatic rings.